The maximum atomic E-state index is 11.5. The normalized spacial score (nSPS) is 11.1. The molecule has 0 unspecified atom stereocenters. The number of hydrogen-bond donors (Lipinski definition) is 0. The quantitative estimate of drug-likeness (QED) is 0.200. The van der Waals surface area contributed by atoms with E-state index in [1.807, 2.05) is 51.1 Å². The molecule has 0 atom stereocenters. The molecule has 0 fully saturated rings. The SMILES string of the molecule is CCCCCOc1ccc(Cn2c(C)nc3c(C)cc(OCCCC(=O)OCC)cc32)c(Cl)c1. The molecule has 0 spiro atoms. The second kappa shape index (κ2) is 12.7. The third-order valence-electron chi connectivity index (χ3n) is 5.68. The van der Waals surface area contributed by atoms with Crippen LogP contribution in [0.4, 0.5) is 0 Å². The average molecular weight is 487 g/mol. The smallest absolute Gasteiger partial charge is 0.305 e. The van der Waals surface area contributed by atoms with E-state index in [0.29, 0.717) is 44.2 Å². The minimum Gasteiger partial charge on any atom is -0.494 e. The molecule has 0 amide bonds. The van der Waals surface area contributed by atoms with Gasteiger partial charge in [0.05, 0.1) is 37.4 Å². The van der Waals surface area contributed by atoms with Crippen LogP contribution in [0.1, 0.15) is 62.9 Å². The van der Waals surface area contributed by atoms with Crippen LogP contribution in [0, 0.1) is 13.8 Å². The molecule has 0 aliphatic carbocycles. The second-order valence-corrected chi connectivity index (χ2v) is 8.83. The highest BCUT2D eigenvalue weighted by Crippen LogP contribution is 2.29. The Balaban J connectivity index is 1.72. The van der Waals surface area contributed by atoms with Gasteiger partial charge in [-0.25, -0.2) is 4.98 Å². The molecular weight excluding hydrogens is 452 g/mol. The zero-order valence-electron chi connectivity index (χ0n) is 20.7. The van der Waals surface area contributed by atoms with E-state index < -0.39 is 0 Å². The first-order chi connectivity index (χ1) is 16.4. The number of nitrogens with zero attached hydrogens (tertiary/aromatic N) is 2. The van der Waals surface area contributed by atoms with Crippen LogP contribution < -0.4 is 9.47 Å². The van der Waals surface area contributed by atoms with E-state index in [9.17, 15) is 4.79 Å². The summed E-state index contributed by atoms with van der Waals surface area (Å²) >= 11 is 6.61. The van der Waals surface area contributed by atoms with Crippen molar-refractivity contribution < 1.29 is 19.0 Å². The summed E-state index contributed by atoms with van der Waals surface area (Å²) in [4.78, 5) is 16.3. The fourth-order valence-corrected chi connectivity index (χ4v) is 4.09. The van der Waals surface area contributed by atoms with Crippen molar-refractivity contribution in [1.82, 2.24) is 9.55 Å². The molecule has 34 heavy (non-hydrogen) atoms. The van der Waals surface area contributed by atoms with Crippen molar-refractivity contribution in [2.45, 2.75) is 66.3 Å². The summed E-state index contributed by atoms with van der Waals surface area (Å²) in [7, 11) is 0. The summed E-state index contributed by atoms with van der Waals surface area (Å²) in [6.07, 6.45) is 4.33. The van der Waals surface area contributed by atoms with Gasteiger partial charge in [0.25, 0.3) is 0 Å². The first-order valence-electron chi connectivity index (χ1n) is 12.1. The van der Waals surface area contributed by atoms with Gasteiger partial charge in [-0.05, 0) is 62.9 Å². The third-order valence-corrected chi connectivity index (χ3v) is 6.03. The molecule has 3 aromatic rings. The number of fused-ring (bicyclic) bond motifs is 1. The number of benzene rings is 2. The van der Waals surface area contributed by atoms with Crippen molar-refractivity contribution in [2.75, 3.05) is 19.8 Å². The summed E-state index contributed by atoms with van der Waals surface area (Å²) in [5.41, 5.74) is 3.99. The Bertz CT molecular complexity index is 1110. The number of aryl methyl sites for hydroxylation is 2. The number of carbonyl (C=O) groups is 1. The van der Waals surface area contributed by atoms with Gasteiger partial charge in [-0.2, -0.15) is 0 Å². The maximum absolute atomic E-state index is 11.5. The predicted octanol–water partition coefficient (Wildman–Crippen LogP) is 6.65. The van der Waals surface area contributed by atoms with Gasteiger partial charge < -0.3 is 18.8 Å². The average Bonchev–Trinajstić information content (AvgIpc) is 3.12. The highest BCUT2D eigenvalue weighted by atomic mass is 35.5. The fourth-order valence-electron chi connectivity index (χ4n) is 3.86. The lowest BCUT2D eigenvalue weighted by molar-refractivity contribution is -0.143. The number of carbonyl (C=O) groups excluding carboxylic acids is 1. The van der Waals surface area contributed by atoms with Crippen LogP contribution >= 0.6 is 11.6 Å². The number of esters is 1. The molecule has 0 saturated carbocycles. The topological polar surface area (TPSA) is 62.6 Å². The first-order valence-corrected chi connectivity index (χ1v) is 12.5. The van der Waals surface area contributed by atoms with Gasteiger partial charge in [0.1, 0.15) is 17.3 Å². The van der Waals surface area contributed by atoms with Crippen LogP contribution in [0.25, 0.3) is 11.0 Å². The molecule has 2 aromatic carbocycles. The third kappa shape index (κ3) is 6.89. The van der Waals surface area contributed by atoms with Crippen LogP contribution in [0.2, 0.25) is 5.02 Å². The first kappa shape index (κ1) is 25.9. The molecule has 6 nitrogen and oxygen atoms in total. The Labute approximate surface area is 207 Å². The second-order valence-electron chi connectivity index (χ2n) is 8.42. The summed E-state index contributed by atoms with van der Waals surface area (Å²) in [5.74, 6) is 2.28. The van der Waals surface area contributed by atoms with Gasteiger partial charge in [-0.15, -0.1) is 0 Å². The van der Waals surface area contributed by atoms with E-state index in [1.165, 1.54) is 6.42 Å². The van der Waals surface area contributed by atoms with Gasteiger partial charge in [0, 0.05) is 17.5 Å². The molecule has 1 aromatic heterocycles. The summed E-state index contributed by atoms with van der Waals surface area (Å²) in [5, 5.41) is 0.678. The Morgan fingerprint density at radius 1 is 1.00 bits per heavy atom. The monoisotopic (exact) mass is 486 g/mol. The van der Waals surface area contributed by atoms with Crippen molar-refractivity contribution in [3.63, 3.8) is 0 Å². The van der Waals surface area contributed by atoms with E-state index >= 15 is 0 Å². The molecule has 1 heterocycles. The fraction of sp³-hybridized carbons (Fsp3) is 0.481. The molecule has 0 radical (unpaired) electrons. The largest absolute Gasteiger partial charge is 0.494 e. The zero-order chi connectivity index (χ0) is 24.5. The minimum atomic E-state index is -0.194. The van der Waals surface area contributed by atoms with E-state index in [2.05, 4.69) is 11.5 Å². The summed E-state index contributed by atoms with van der Waals surface area (Å²) in [6.45, 7) is 10.2. The molecule has 0 aliphatic heterocycles. The lowest BCUT2D eigenvalue weighted by Gasteiger charge is -2.12. The van der Waals surface area contributed by atoms with Crippen molar-refractivity contribution >= 4 is 28.6 Å². The number of rotatable bonds is 13. The Morgan fingerprint density at radius 3 is 2.50 bits per heavy atom. The van der Waals surface area contributed by atoms with Gasteiger partial charge in [0.2, 0.25) is 0 Å². The van der Waals surface area contributed by atoms with E-state index in [0.717, 1.165) is 52.3 Å². The highest BCUT2D eigenvalue weighted by Gasteiger charge is 2.14. The van der Waals surface area contributed by atoms with Gasteiger partial charge in [0.15, 0.2) is 0 Å². The Kier molecular flexibility index (Phi) is 9.63. The van der Waals surface area contributed by atoms with Gasteiger partial charge >= 0.3 is 5.97 Å². The van der Waals surface area contributed by atoms with E-state index in [-0.39, 0.29) is 5.97 Å². The van der Waals surface area contributed by atoms with Crippen LogP contribution in [-0.2, 0) is 16.1 Å². The standard InChI is InChI=1S/C27H35ClN2O4/c1-5-7-8-13-33-22-12-11-21(24(28)16-22)18-30-20(4)29-27-19(3)15-23(17-25(27)30)34-14-9-10-26(31)32-6-2/h11-12,15-17H,5-10,13-14,18H2,1-4H3. The molecule has 0 N–H and O–H groups in total. The molecule has 0 bridgehead atoms. The number of ether oxygens (including phenoxy) is 3. The molecule has 184 valence electrons. The lowest BCUT2D eigenvalue weighted by Crippen LogP contribution is -2.07. The molecule has 0 aliphatic rings. The number of aromatic nitrogens is 2. The van der Waals surface area contributed by atoms with Crippen LogP contribution in [0.3, 0.4) is 0 Å². The van der Waals surface area contributed by atoms with Crippen LogP contribution in [0.15, 0.2) is 30.3 Å². The number of hydrogen-bond acceptors (Lipinski definition) is 5. The molecule has 0 saturated heterocycles. The molecule has 3 rings (SSSR count). The Hall–Kier alpha value is -2.73. The maximum Gasteiger partial charge on any atom is 0.305 e. The lowest BCUT2D eigenvalue weighted by atomic mass is 10.1. The van der Waals surface area contributed by atoms with Crippen molar-refractivity contribution in [1.29, 1.82) is 0 Å². The zero-order valence-corrected chi connectivity index (χ0v) is 21.4. The van der Waals surface area contributed by atoms with Crippen LogP contribution in [-0.4, -0.2) is 35.3 Å². The van der Waals surface area contributed by atoms with Gasteiger partial charge in [-0.1, -0.05) is 37.4 Å². The Morgan fingerprint density at radius 2 is 1.76 bits per heavy atom. The van der Waals surface area contributed by atoms with E-state index in [4.69, 9.17) is 30.8 Å². The summed E-state index contributed by atoms with van der Waals surface area (Å²) in [6, 6.07) is 9.88. The molecule has 7 heteroatoms. The molecular formula is C27H35ClN2O4. The van der Waals surface area contributed by atoms with Crippen molar-refractivity contribution in [2.24, 2.45) is 0 Å². The summed E-state index contributed by atoms with van der Waals surface area (Å²) < 4.78 is 18.9. The van der Waals surface area contributed by atoms with E-state index in [1.54, 1.807) is 0 Å². The minimum absolute atomic E-state index is 0.194. The number of halogens is 1. The van der Waals surface area contributed by atoms with Crippen LogP contribution in [0.5, 0.6) is 11.5 Å². The van der Waals surface area contributed by atoms with Crippen molar-refractivity contribution in [3.8, 4) is 11.5 Å². The van der Waals surface area contributed by atoms with Crippen molar-refractivity contribution in [3.05, 3.63) is 52.3 Å². The number of imidazole rings is 1. The number of unbranched alkanes of at least 4 members (excludes halogenated alkanes) is 2. The predicted molar refractivity (Wildman–Crippen MR) is 136 cm³/mol. The van der Waals surface area contributed by atoms with Gasteiger partial charge in [-0.3, -0.25) is 4.79 Å². The highest BCUT2D eigenvalue weighted by molar-refractivity contribution is 6.31.